The lowest BCUT2D eigenvalue weighted by Crippen LogP contribution is -2.46. The van der Waals surface area contributed by atoms with Crippen LogP contribution < -0.4 is 0 Å². The second-order valence-corrected chi connectivity index (χ2v) is 13.0. The monoisotopic (exact) mass is 679 g/mol. The quantitative estimate of drug-likeness (QED) is 0.138. The van der Waals surface area contributed by atoms with E-state index in [1.54, 1.807) is 26.0 Å². The van der Waals surface area contributed by atoms with Crippen molar-refractivity contribution in [2.24, 2.45) is 0 Å². The summed E-state index contributed by atoms with van der Waals surface area (Å²) in [4.78, 5) is 77.4. The van der Waals surface area contributed by atoms with Crippen molar-refractivity contribution in [2.45, 2.75) is 39.5 Å². The third-order valence-corrected chi connectivity index (χ3v) is 8.16. The van der Waals surface area contributed by atoms with Crippen LogP contribution in [0.1, 0.15) is 83.2 Å². The fourth-order valence-corrected chi connectivity index (χ4v) is 5.38. The Morgan fingerprint density at radius 3 is 1.60 bits per heavy atom. The summed E-state index contributed by atoms with van der Waals surface area (Å²) < 4.78 is 44.6. The number of benzene rings is 3. The van der Waals surface area contributed by atoms with Gasteiger partial charge in [-0.1, -0.05) is 24.3 Å². The van der Waals surface area contributed by atoms with E-state index in [0.717, 1.165) is 6.26 Å². The molecule has 0 saturated heterocycles. The number of nitrogens with zero attached hydrogens (tertiary/aromatic N) is 1. The summed E-state index contributed by atoms with van der Waals surface area (Å²) in [6.07, 6.45) is 0.532. The van der Waals surface area contributed by atoms with Gasteiger partial charge in [-0.2, -0.15) is 0 Å². The molecule has 1 atom stereocenters. The molecular weight excluding hydrogens is 646 g/mol. The largest absolute Gasteiger partial charge is 0.462 e. The van der Waals surface area contributed by atoms with Crippen molar-refractivity contribution in [1.29, 1.82) is 0 Å². The molecule has 0 saturated carbocycles. The van der Waals surface area contributed by atoms with E-state index in [1.807, 2.05) is 0 Å². The number of ether oxygens (including phenoxy) is 4. The van der Waals surface area contributed by atoms with Crippen LogP contribution in [0.3, 0.4) is 0 Å². The molecule has 14 heteroatoms. The van der Waals surface area contributed by atoms with Crippen LogP contribution in [-0.2, 0) is 46.8 Å². The summed E-state index contributed by atoms with van der Waals surface area (Å²) >= 11 is 0. The van der Waals surface area contributed by atoms with E-state index in [-0.39, 0.29) is 48.7 Å². The molecule has 1 heterocycles. The fraction of sp³-hybridized carbons (Fsp3) is 0.294. The van der Waals surface area contributed by atoms with E-state index in [9.17, 15) is 37.2 Å². The lowest BCUT2D eigenvalue weighted by Gasteiger charge is -2.24. The molecule has 1 aliphatic heterocycles. The first-order chi connectivity index (χ1) is 22.8. The lowest BCUT2D eigenvalue weighted by molar-refractivity contribution is -0.149. The number of rotatable bonds is 14. The van der Waals surface area contributed by atoms with Crippen LogP contribution >= 0.6 is 0 Å². The third-order valence-electron chi connectivity index (χ3n) is 7.18. The summed E-state index contributed by atoms with van der Waals surface area (Å²) in [5, 5.41) is 0. The van der Waals surface area contributed by atoms with Crippen molar-refractivity contribution < 1.29 is 56.1 Å². The molecule has 1 aliphatic rings. The summed E-state index contributed by atoms with van der Waals surface area (Å²) in [6.45, 7) is 3.35. The van der Waals surface area contributed by atoms with E-state index in [2.05, 4.69) is 0 Å². The minimum absolute atomic E-state index is 0.0404. The highest BCUT2D eigenvalue weighted by Crippen LogP contribution is 2.28. The molecule has 3 aromatic carbocycles. The zero-order chi connectivity index (χ0) is 35.0. The SMILES string of the molecule is CCOC(=O)c1ccc(COC(=O)c2ccc3c(c2)C(=O)N([C@@H](CCS(C)(=O)=O)C(=O)OCc2ccc(C(=O)OCC)cc2)C3=O)cc1. The molecule has 13 nitrogen and oxygen atoms in total. The Morgan fingerprint density at radius 1 is 0.646 bits per heavy atom. The first-order valence-corrected chi connectivity index (χ1v) is 16.9. The Labute approximate surface area is 276 Å². The smallest absolute Gasteiger partial charge is 0.338 e. The van der Waals surface area contributed by atoms with Crippen LogP contribution in [0.2, 0.25) is 0 Å². The molecule has 0 radical (unpaired) electrons. The van der Waals surface area contributed by atoms with Crippen LogP contribution in [0.25, 0.3) is 0 Å². The highest BCUT2D eigenvalue weighted by atomic mass is 32.2. The topological polar surface area (TPSA) is 177 Å². The first kappa shape index (κ1) is 35.5. The van der Waals surface area contributed by atoms with Gasteiger partial charge in [0.15, 0.2) is 0 Å². The summed E-state index contributed by atoms with van der Waals surface area (Å²) in [7, 11) is -3.61. The van der Waals surface area contributed by atoms with Gasteiger partial charge >= 0.3 is 23.9 Å². The average Bonchev–Trinajstić information content (AvgIpc) is 3.31. The van der Waals surface area contributed by atoms with Gasteiger partial charge in [0.1, 0.15) is 29.1 Å². The number of hydrogen-bond acceptors (Lipinski definition) is 12. The Kier molecular flexibility index (Phi) is 11.4. The highest BCUT2D eigenvalue weighted by Gasteiger charge is 2.44. The summed E-state index contributed by atoms with van der Waals surface area (Å²) in [6, 6.07) is 14.4. The molecule has 0 aliphatic carbocycles. The number of amides is 2. The third kappa shape index (κ3) is 8.70. The van der Waals surface area contributed by atoms with Crippen molar-refractivity contribution in [3.8, 4) is 0 Å². The van der Waals surface area contributed by atoms with E-state index < -0.39 is 63.7 Å². The van der Waals surface area contributed by atoms with Crippen LogP contribution in [0.15, 0.2) is 66.7 Å². The predicted octanol–water partition coefficient (Wildman–Crippen LogP) is 3.54. The Balaban J connectivity index is 1.47. The molecule has 0 aromatic heterocycles. The van der Waals surface area contributed by atoms with E-state index in [1.165, 1.54) is 54.6 Å². The predicted molar refractivity (Wildman–Crippen MR) is 169 cm³/mol. The van der Waals surface area contributed by atoms with Gasteiger partial charge in [-0.05, 0) is 73.9 Å². The molecule has 0 bridgehead atoms. The summed E-state index contributed by atoms with van der Waals surface area (Å²) in [5.74, 6) is -5.11. The van der Waals surface area contributed by atoms with Crippen LogP contribution in [0.4, 0.5) is 0 Å². The van der Waals surface area contributed by atoms with Gasteiger partial charge in [-0.25, -0.2) is 27.6 Å². The van der Waals surface area contributed by atoms with Crippen molar-refractivity contribution in [2.75, 3.05) is 25.2 Å². The lowest BCUT2D eigenvalue weighted by atomic mass is 10.1. The Hall–Kier alpha value is -5.37. The average molecular weight is 680 g/mol. The number of fused-ring (bicyclic) bond motifs is 1. The van der Waals surface area contributed by atoms with E-state index in [4.69, 9.17) is 18.9 Å². The molecule has 0 spiro atoms. The van der Waals surface area contributed by atoms with Crippen molar-refractivity contribution in [3.05, 3.63) is 106 Å². The zero-order valence-electron chi connectivity index (χ0n) is 26.4. The van der Waals surface area contributed by atoms with Gasteiger partial charge in [0.2, 0.25) is 0 Å². The number of imide groups is 1. The van der Waals surface area contributed by atoms with Gasteiger partial charge in [-0.3, -0.25) is 14.5 Å². The number of hydrogen-bond donors (Lipinski definition) is 0. The van der Waals surface area contributed by atoms with Crippen molar-refractivity contribution >= 4 is 45.5 Å². The number of esters is 4. The standard InChI is InChI=1S/C34H33NO12S/c1-4-44-31(38)23-10-6-21(7-11-23)19-46-33(40)25-14-15-26-27(18-25)30(37)35(29(26)36)28(16-17-48(3,42)43)34(41)47-20-22-8-12-24(13-9-22)32(39)45-5-2/h6-15,18,28H,4-5,16-17,19-20H2,1-3H3/t28-/m0/s1. The van der Waals surface area contributed by atoms with Crippen molar-refractivity contribution in [1.82, 2.24) is 4.90 Å². The normalized spacial score (nSPS) is 13.0. The number of sulfone groups is 1. The fourth-order valence-electron chi connectivity index (χ4n) is 4.73. The molecule has 3 aromatic rings. The Morgan fingerprint density at radius 2 is 1.10 bits per heavy atom. The number of carbonyl (C=O) groups is 6. The molecule has 252 valence electrons. The first-order valence-electron chi connectivity index (χ1n) is 14.9. The van der Waals surface area contributed by atoms with Gasteiger partial charge < -0.3 is 18.9 Å². The van der Waals surface area contributed by atoms with Gasteiger partial charge in [0.25, 0.3) is 11.8 Å². The maximum Gasteiger partial charge on any atom is 0.338 e. The van der Waals surface area contributed by atoms with Crippen LogP contribution in [-0.4, -0.2) is 80.3 Å². The zero-order valence-corrected chi connectivity index (χ0v) is 27.2. The number of carbonyl (C=O) groups excluding carboxylic acids is 6. The molecule has 2 amide bonds. The van der Waals surface area contributed by atoms with Gasteiger partial charge in [-0.15, -0.1) is 0 Å². The second kappa shape index (κ2) is 15.5. The van der Waals surface area contributed by atoms with E-state index in [0.29, 0.717) is 21.6 Å². The highest BCUT2D eigenvalue weighted by molar-refractivity contribution is 7.90. The minimum Gasteiger partial charge on any atom is -0.462 e. The second-order valence-electron chi connectivity index (χ2n) is 10.7. The molecule has 0 fully saturated rings. The molecule has 4 rings (SSSR count). The van der Waals surface area contributed by atoms with Gasteiger partial charge in [0.05, 0.1) is 46.8 Å². The minimum atomic E-state index is -3.61. The van der Waals surface area contributed by atoms with Crippen molar-refractivity contribution in [3.63, 3.8) is 0 Å². The maximum absolute atomic E-state index is 13.5. The molecule has 0 unspecified atom stereocenters. The summed E-state index contributed by atoms with van der Waals surface area (Å²) in [5.41, 5.74) is 1.40. The molecule has 0 N–H and O–H groups in total. The van der Waals surface area contributed by atoms with Crippen LogP contribution in [0.5, 0.6) is 0 Å². The maximum atomic E-state index is 13.5. The Bertz CT molecular complexity index is 1830. The van der Waals surface area contributed by atoms with Crippen LogP contribution in [0, 0.1) is 0 Å². The van der Waals surface area contributed by atoms with E-state index >= 15 is 0 Å². The molecular formula is C34H33NO12S. The molecule has 48 heavy (non-hydrogen) atoms. The van der Waals surface area contributed by atoms with Gasteiger partial charge in [0, 0.05) is 6.26 Å².